The lowest BCUT2D eigenvalue weighted by Crippen LogP contribution is -2.44. The molecule has 0 radical (unpaired) electrons. The Bertz CT molecular complexity index is 179. The largest absolute Gasteiger partial charge is 0.381 e. The summed E-state index contributed by atoms with van der Waals surface area (Å²) in [6, 6.07) is 0.370. The molecule has 0 aliphatic carbocycles. The maximum atomic E-state index is 11.6. The fourth-order valence-electron chi connectivity index (χ4n) is 1.63. The molecule has 4 nitrogen and oxygen atoms in total. The molecule has 1 rings (SSSR count). The first-order chi connectivity index (χ1) is 6.75. The van der Waals surface area contributed by atoms with E-state index in [0.29, 0.717) is 12.6 Å². The van der Waals surface area contributed by atoms with Crippen LogP contribution < -0.4 is 5.32 Å². The first-order valence-corrected chi connectivity index (χ1v) is 5.29. The van der Waals surface area contributed by atoms with E-state index in [1.807, 2.05) is 18.9 Å². The maximum Gasteiger partial charge on any atom is 0.236 e. The normalized spacial score (nSPS) is 18.1. The second-order valence-electron chi connectivity index (χ2n) is 3.63. The fourth-order valence-corrected chi connectivity index (χ4v) is 1.63. The average molecular weight is 200 g/mol. The minimum absolute atomic E-state index is 0.179. The third kappa shape index (κ3) is 3.27. The minimum Gasteiger partial charge on any atom is -0.381 e. The Morgan fingerprint density at radius 1 is 1.50 bits per heavy atom. The van der Waals surface area contributed by atoms with Gasteiger partial charge in [-0.25, -0.2) is 0 Å². The second kappa shape index (κ2) is 5.98. The molecule has 14 heavy (non-hydrogen) atoms. The molecule has 0 bridgehead atoms. The first kappa shape index (κ1) is 11.5. The third-order valence-corrected chi connectivity index (χ3v) is 2.66. The van der Waals surface area contributed by atoms with Gasteiger partial charge in [-0.15, -0.1) is 0 Å². The van der Waals surface area contributed by atoms with Crippen LogP contribution in [0.25, 0.3) is 0 Å². The van der Waals surface area contributed by atoms with E-state index in [9.17, 15) is 4.79 Å². The number of rotatable bonds is 4. The Kier molecular flexibility index (Phi) is 4.90. The van der Waals surface area contributed by atoms with Gasteiger partial charge in [0.1, 0.15) is 0 Å². The van der Waals surface area contributed by atoms with Crippen molar-refractivity contribution >= 4 is 5.91 Å². The van der Waals surface area contributed by atoms with Crippen LogP contribution in [0.2, 0.25) is 0 Å². The molecule has 1 saturated heterocycles. The summed E-state index contributed by atoms with van der Waals surface area (Å²) in [6.07, 6.45) is 1.93. The van der Waals surface area contributed by atoms with Crippen LogP contribution in [0, 0.1) is 0 Å². The SMILES string of the molecule is CCNCC(=O)N(C)C1CCOCC1. The van der Waals surface area contributed by atoms with Gasteiger partial charge < -0.3 is 15.0 Å². The highest BCUT2D eigenvalue weighted by Gasteiger charge is 2.21. The van der Waals surface area contributed by atoms with Crippen molar-refractivity contribution < 1.29 is 9.53 Å². The van der Waals surface area contributed by atoms with E-state index in [4.69, 9.17) is 4.74 Å². The van der Waals surface area contributed by atoms with Crippen molar-refractivity contribution in [3.8, 4) is 0 Å². The Hall–Kier alpha value is -0.610. The van der Waals surface area contributed by atoms with E-state index < -0.39 is 0 Å². The molecule has 0 saturated carbocycles. The number of nitrogens with one attached hydrogen (secondary N) is 1. The van der Waals surface area contributed by atoms with Gasteiger partial charge in [-0.2, -0.15) is 0 Å². The number of hydrogen-bond acceptors (Lipinski definition) is 3. The number of carbonyl (C=O) groups excluding carboxylic acids is 1. The van der Waals surface area contributed by atoms with Crippen LogP contribution in [-0.2, 0) is 9.53 Å². The smallest absolute Gasteiger partial charge is 0.236 e. The lowest BCUT2D eigenvalue weighted by molar-refractivity contribution is -0.132. The van der Waals surface area contributed by atoms with E-state index in [1.54, 1.807) is 0 Å². The Balaban J connectivity index is 2.30. The van der Waals surface area contributed by atoms with Gasteiger partial charge in [-0.1, -0.05) is 6.92 Å². The Morgan fingerprint density at radius 3 is 2.71 bits per heavy atom. The molecule has 1 aliphatic heterocycles. The van der Waals surface area contributed by atoms with Crippen molar-refractivity contribution in [3.05, 3.63) is 0 Å². The molecule has 0 aromatic rings. The molecule has 0 atom stereocenters. The number of carbonyl (C=O) groups is 1. The predicted octanol–water partition coefficient (Wildman–Crippen LogP) is 0.233. The van der Waals surface area contributed by atoms with Crippen molar-refractivity contribution in [1.82, 2.24) is 10.2 Å². The lowest BCUT2D eigenvalue weighted by Gasteiger charge is -2.31. The van der Waals surface area contributed by atoms with Crippen molar-refractivity contribution in [1.29, 1.82) is 0 Å². The summed E-state index contributed by atoms with van der Waals surface area (Å²) in [7, 11) is 1.88. The van der Waals surface area contributed by atoms with Gasteiger partial charge in [0.2, 0.25) is 5.91 Å². The quantitative estimate of drug-likeness (QED) is 0.706. The van der Waals surface area contributed by atoms with Crippen LogP contribution in [-0.4, -0.2) is 50.2 Å². The highest BCUT2D eigenvalue weighted by atomic mass is 16.5. The van der Waals surface area contributed by atoms with Gasteiger partial charge >= 0.3 is 0 Å². The Labute approximate surface area is 85.6 Å². The van der Waals surface area contributed by atoms with Crippen LogP contribution in [0.5, 0.6) is 0 Å². The highest BCUT2D eigenvalue weighted by Crippen LogP contribution is 2.12. The summed E-state index contributed by atoms with van der Waals surface area (Å²) in [5, 5.41) is 3.05. The summed E-state index contributed by atoms with van der Waals surface area (Å²) in [5.41, 5.74) is 0. The summed E-state index contributed by atoms with van der Waals surface area (Å²) in [6.45, 7) is 4.85. The molecular formula is C10H20N2O2. The van der Waals surface area contributed by atoms with Crippen molar-refractivity contribution in [2.75, 3.05) is 33.4 Å². The number of likely N-dealkylation sites (N-methyl/N-ethyl adjacent to an activating group) is 2. The summed E-state index contributed by atoms with van der Waals surface area (Å²) >= 11 is 0. The van der Waals surface area contributed by atoms with Crippen LogP contribution >= 0.6 is 0 Å². The van der Waals surface area contributed by atoms with Gasteiger partial charge in [-0.05, 0) is 19.4 Å². The molecule has 0 unspecified atom stereocenters. The summed E-state index contributed by atoms with van der Waals surface area (Å²) in [5.74, 6) is 0.179. The molecular weight excluding hydrogens is 180 g/mol. The minimum atomic E-state index is 0.179. The number of ether oxygens (including phenoxy) is 1. The van der Waals surface area contributed by atoms with Crippen LogP contribution in [0.15, 0.2) is 0 Å². The first-order valence-electron chi connectivity index (χ1n) is 5.29. The van der Waals surface area contributed by atoms with Crippen molar-refractivity contribution in [3.63, 3.8) is 0 Å². The zero-order valence-electron chi connectivity index (χ0n) is 9.08. The topological polar surface area (TPSA) is 41.6 Å². The number of nitrogens with zero attached hydrogens (tertiary/aromatic N) is 1. The molecule has 0 spiro atoms. The average Bonchev–Trinajstić information content (AvgIpc) is 2.26. The molecule has 0 aromatic carbocycles. The van der Waals surface area contributed by atoms with Gasteiger partial charge in [0.15, 0.2) is 0 Å². The fraction of sp³-hybridized carbons (Fsp3) is 0.900. The molecule has 4 heteroatoms. The monoisotopic (exact) mass is 200 g/mol. The van der Waals surface area contributed by atoms with Crippen molar-refractivity contribution in [2.24, 2.45) is 0 Å². The molecule has 1 amide bonds. The molecule has 1 N–H and O–H groups in total. The lowest BCUT2D eigenvalue weighted by atomic mass is 10.1. The zero-order chi connectivity index (χ0) is 10.4. The highest BCUT2D eigenvalue weighted by molar-refractivity contribution is 5.78. The predicted molar refractivity (Wildman–Crippen MR) is 55.2 cm³/mol. The van der Waals surface area contributed by atoms with Gasteiger partial charge in [0.25, 0.3) is 0 Å². The molecule has 1 aliphatic rings. The van der Waals surface area contributed by atoms with Crippen LogP contribution in [0.1, 0.15) is 19.8 Å². The van der Waals surface area contributed by atoms with Crippen molar-refractivity contribution in [2.45, 2.75) is 25.8 Å². The third-order valence-electron chi connectivity index (χ3n) is 2.66. The zero-order valence-corrected chi connectivity index (χ0v) is 9.08. The summed E-state index contributed by atoms with van der Waals surface area (Å²) in [4.78, 5) is 13.5. The standard InChI is InChI=1S/C10H20N2O2/c1-3-11-8-10(13)12(2)9-4-6-14-7-5-9/h9,11H,3-8H2,1-2H3. The van der Waals surface area contributed by atoms with Crippen LogP contribution in [0.3, 0.4) is 0 Å². The van der Waals surface area contributed by atoms with E-state index in [1.165, 1.54) is 0 Å². The number of hydrogen-bond donors (Lipinski definition) is 1. The van der Waals surface area contributed by atoms with Crippen LogP contribution in [0.4, 0.5) is 0 Å². The molecule has 1 heterocycles. The molecule has 1 fully saturated rings. The van der Waals surface area contributed by atoms with E-state index in [2.05, 4.69) is 5.32 Å². The van der Waals surface area contributed by atoms with E-state index in [-0.39, 0.29) is 5.91 Å². The summed E-state index contributed by atoms with van der Waals surface area (Å²) < 4.78 is 5.26. The van der Waals surface area contributed by atoms with Gasteiger partial charge in [0, 0.05) is 26.3 Å². The van der Waals surface area contributed by atoms with Gasteiger partial charge in [-0.3, -0.25) is 4.79 Å². The van der Waals surface area contributed by atoms with E-state index in [0.717, 1.165) is 32.6 Å². The number of amides is 1. The van der Waals surface area contributed by atoms with Gasteiger partial charge in [0.05, 0.1) is 6.54 Å². The molecule has 82 valence electrons. The Morgan fingerprint density at radius 2 is 2.14 bits per heavy atom. The second-order valence-corrected chi connectivity index (χ2v) is 3.63. The maximum absolute atomic E-state index is 11.6. The molecule has 0 aromatic heterocycles. The van der Waals surface area contributed by atoms with E-state index >= 15 is 0 Å².